The van der Waals surface area contributed by atoms with E-state index in [1.54, 1.807) is 8.61 Å². The van der Waals surface area contributed by atoms with Gasteiger partial charge in [-0.3, -0.25) is 4.40 Å². The molecule has 0 bridgehead atoms. The van der Waals surface area contributed by atoms with Crippen LogP contribution in [0.4, 0.5) is 0 Å². The molecule has 2 aromatic heterocycles. The van der Waals surface area contributed by atoms with Gasteiger partial charge in [-0.25, -0.2) is 0 Å². The molecule has 4 rings (SSSR count). The molecule has 2 unspecified atom stereocenters. The second kappa shape index (κ2) is 6.09. The molecular weight excluding hydrogens is 326 g/mol. The first-order valence-electron chi connectivity index (χ1n) is 8.64. The van der Waals surface area contributed by atoms with Crippen LogP contribution in [-0.4, -0.2) is 51.3 Å². The predicted octanol–water partition coefficient (Wildman–Crippen LogP) is 1.84. The minimum atomic E-state index is -3.45. The van der Waals surface area contributed by atoms with Crippen molar-refractivity contribution < 1.29 is 8.42 Å². The molecule has 2 aliphatic rings. The molecule has 2 aromatic rings. The number of rotatable bonds is 3. The number of pyridine rings is 1. The molecule has 2 atom stereocenters. The first kappa shape index (κ1) is 16.0. The molecule has 8 heteroatoms. The van der Waals surface area contributed by atoms with Crippen molar-refractivity contribution in [1.29, 1.82) is 0 Å². The first-order valence-corrected chi connectivity index (χ1v) is 10.0. The highest BCUT2D eigenvalue weighted by atomic mass is 32.2. The fraction of sp³-hybridized carbons (Fsp3) is 0.625. The molecule has 0 spiro atoms. The minimum Gasteiger partial charge on any atom is -0.285 e. The molecule has 0 aromatic carbocycles. The van der Waals surface area contributed by atoms with Crippen LogP contribution < -0.4 is 0 Å². The third-order valence-electron chi connectivity index (χ3n) is 5.08. The van der Waals surface area contributed by atoms with Crippen LogP contribution in [0.5, 0.6) is 0 Å². The SMILES string of the molecule is CC1CCCN(S(=O)(=O)N2CCCC2c2nnc3ccccn23)C1. The Kier molecular flexibility index (Phi) is 4.06. The van der Waals surface area contributed by atoms with Gasteiger partial charge in [-0.05, 0) is 43.7 Å². The van der Waals surface area contributed by atoms with E-state index in [2.05, 4.69) is 17.1 Å². The van der Waals surface area contributed by atoms with Crippen molar-refractivity contribution >= 4 is 15.9 Å². The Morgan fingerprint density at radius 3 is 2.79 bits per heavy atom. The van der Waals surface area contributed by atoms with Gasteiger partial charge in [0.1, 0.15) is 0 Å². The third kappa shape index (κ3) is 2.62. The smallest absolute Gasteiger partial charge is 0.282 e. The average molecular weight is 349 g/mol. The third-order valence-corrected chi connectivity index (χ3v) is 7.10. The minimum absolute atomic E-state index is 0.232. The summed E-state index contributed by atoms with van der Waals surface area (Å²) in [5, 5.41) is 8.47. The topological polar surface area (TPSA) is 70.8 Å². The van der Waals surface area contributed by atoms with E-state index in [9.17, 15) is 8.42 Å². The molecule has 0 radical (unpaired) electrons. The van der Waals surface area contributed by atoms with Gasteiger partial charge in [0.2, 0.25) is 0 Å². The zero-order valence-corrected chi connectivity index (χ0v) is 14.7. The maximum Gasteiger partial charge on any atom is 0.282 e. The summed E-state index contributed by atoms with van der Waals surface area (Å²) in [4.78, 5) is 0. The number of aromatic nitrogens is 3. The standard InChI is InChI=1S/C16H23N5O2S/c1-13-6-4-9-19(12-13)24(22,23)21-11-5-7-14(21)16-18-17-15-8-2-3-10-20(15)16/h2-3,8,10,13-14H,4-7,9,11-12H2,1H3. The van der Waals surface area contributed by atoms with Crippen molar-refractivity contribution in [2.24, 2.45) is 5.92 Å². The molecule has 2 aliphatic heterocycles. The van der Waals surface area contributed by atoms with Gasteiger partial charge in [0.15, 0.2) is 11.5 Å². The van der Waals surface area contributed by atoms with Gasteiger partial charge in [0.05, 0.1) is 6.04 Å². The number of hydrogen-bond acceptors (Lipinski definition) is 4. The van der Waals surface area contributed by atoms with Gasteiger partial charge < -0.3 is 0 Å². The second-order valence-electron chi connectivity index (χ2n) is 6.87. The van der Waals surface area contributed by atoms with Crippen LogP contribution in [0.1, 0.15) is 44.5 Å². The number of fused-ring (bicyclic) bond motifs is 1. The first-order chi connectivity index (χ1) is 11.6. The van der Waals surface area contributed by atoms with E-state index < -0.39 is 10.2 Å². The van der Waals surface area contributed by atoms with E-state index in [1.807, 2.05) is 28.8 Å². The molecule has 4 heterocycles. The fourth-order valence-electron chi connectivity index (χ4n) is 3.87. The molecule has 0 saturated carbocycles. The lowest BCUT2D eigenvalue weighted by atomic mass is 10.0. The van der Waals surface area contributed by atoms with Crippen LogP contribution in [-0.2, 0) is 10.2 Å². The van der Waals surface area contributed by atoms with Crippen molar-refractivity contribution in [2.75, 3.05) is 19.6 Å². The Morgan fingerprint density at radius 1 is 1.12 bits per heavy atom. The summed E-state index contributed by atoms with van der Waals surface area (Å²) >= 11 is 0. The Morgan fingerprint density at radius 2 is 1.96 bits per heavy atom. The summed E-state index contributed by atoms with van der Waals surface area (Å²) in [7, 11) is -3.45. The number of nitrogens with zero attached hydrogens (tertiary/aromatic N) is 5. The van der Waals surface area contributed by atoms with E-state index in [0.717, 1.165) is 37.2 Å². The van der Waals surface area contributed by atoms with Gasteiger partial charge in [0.25, 0.3) is 10.2 Å². The summed E-state index contributed by atoms with van der Waals surface area (Å²) in [6.45, 7) is 3.91. The van der Waals surface area contributed by atoms with Gasteiger partial charge >= 0.3 is 0 Å². The molecule has 24 heavy (non-hydrogen) atoms. The van der Waals surface area contributed by atoms with Gasteiger partial charge in [-0.2, -0.15) is 17.0 Å². The monoisotopic (exact) mass is 349 g/mol. The zero-order chi connectivity index (χ0) is 16.7. The normalized spacial score (nSPS) is 27.0. The van der Waals surface area contributed by atoms with Gasteiger partial charge in [-0.1, -0.05) is 13.0 Å². The number of hydrogen-bond donors (Lipinski definition) is 0. The number of piperidine rings is 1. The van der Waals surface area contributed by atoms with Crippen LogP contribution in [0.3, 0.4) is 0 Å². The average Bonchev–Trinajstić information content (AvgIpc) is 3.21. The van der Waals surface area contributed by atoms with Crippen molar-refractivity contribution in [1.82, 2.24) is 23.2 Å². The highest BCUT2D eigenvalue weighted by molar-refractivity contribution is 7.86. The lowest BCUT2D eigenvalue weighted by Gasteiger charge is -2.34. The molecule has 2 fully saturated rings. The van der Waals surface area contributed by atoms with Gasteiger partial charge in [0, 0.05) is 25.8 Å². The second-order valence-corrected chi connectivity index (χ2v) is 8.75. The van der Waals surface area contributed by atoms with Crippen molar-refractivity contribution in [3.8, 4) is 0 Å². The van der Waals surface area contributed by atoms with E-state index in [0.29, 0.717) is 25.6 Å². The van der Waals surface area contributed by atoms with Crippen molar-refractivity contribution in [2.45, 2.75) is 38.6 Å². The quantitative estimate of drug-likeness (QED) is 0.848. The van der Waals surface area contributed by atoms with Crippen LogP contribution in [0.25, 0.3) is 5.65 Å². The summed E-state index contributed by atoms with van der Waals surface area (Å²) in [6.07, 6.45) is 5.58. The van der Waals surface area contributed by atoms with E-state index in [1.165, 1.54) is 0 Å². The lowest BCUT2D eigenvalue weighted by Crippen LogP contribution is -2.47. The highest BCUT2D eigenvalue weighted by Crippen LogP contribution is 2.35. The fourth-order valence-corrected chi connectivity index (χ4v) is 5.85. The van der Waals surface area contributed by atoms with E-state index >= 15 is 0 Å². The van der Waals surface area contributed by atoms with Crippen LogP contribution >= 0.6 is 0 Å². The van der Waals surface area contributed by atoms with Crippen molar-refractivity contribution in [3.63, 3.8) is 0 Å². The van der Waals surface area contributed by atoms with Crippen LogP contribution in [0.15, 0.2) is 24.4 Å². The summed E-state index contributed by atoms with van der Waals surface area (Å²) in [6, 6.07) is 5.48. The largest absolute Gasteiger partial charge is 0.285 e. The van der Waals surface area contributed by atoms with Crippen LogP contribution in [0.2, 0.25) is 0 Å². The molecule has 0 amide bonds. The Hall–Kier alpha value is -1.51. The van der Waals surface area contributed by atoms with E-state index in [-0.39, 0.29) is 6.04 Å². The molecular formula is C16H23N5O2S. The Labute approximate surface area is 142 Å². The summed E-state index contributed by atoms with van der Waals surface area (Å²) < 4.78 is 31.5. The lowest BCUT2D eigenvalue weighted by molar-refractivity contribution is 0.252. The van der Waals surface area contributed by atoms with Crippen LogP contribution in [0, 0.1) is 5.92 Å². The van der Waals surface area contributed by atoms with Gasteiger partial charge in [-0.15, -0.1) is 10.2 Å². The summed E-state index contributed by atoms with van der Waals surface area (Å²) in [5.41, 5.74) is 0.753. The molecule has 2 saturated heterocycles. The molecule has 130 valence electrons. The maximum absolute atomic E-state index is 13.2. The zero-order valence-electron chi connectivity index (χ0n) is 13.9. The van der Waals surface area contributed by atoms with E-state index in [4.69, 9.17) is 0 Å². The molecule has 0 aliphatic carbocycles. The maximum atomic E-state index is 13.2. The predicted molar refractivity (Wildman–Crippen MR) is 90.6 cm³/mol. The highest BCUT2D eigenvalue weighted by Gasteiger charge is 2.41. The summed E-state index contributed by atoms with van der Waals surface area (Å²) in [5.74, 6) is 1.14. The Balaban J connectivity index is 1.67. The molecule has 7 nitrogen and oxygen atoms in total. The van der Waals surface area contributed by atoms with Crippen molar-refractivity contribution in [3.05, 3.63) is 30.2 Å². The Bertz CT molecular complexity index is 834. The molecule has 0 N–H and O–H groups in total.